The predicted octanol–water partition coefficient (Wildman–Crippen LogP) is 7.18. The number of nitrogens with zero attached hydrogens (tertiary/aromatic N) is 1. The van der Waals surface area contributed by atoms with Crippen LogP contribution in [0.4, 0.5) is 5.69 Å². The van der Waals surface area contributed by atoms with Gasteiger partial charge in [0.25, 0.3) is 0 Å². The van der Waals surface area contributed by atoms with E-state index in [0.717, 1.165) is 55.2 Å². The topological polar surface area (TPSA) is 249 Å². The Morgan fingerprint density at radius 3 is 1.93 bits per heavy atom. The summed E-state index contributed by atoms with van der Waals surface area (Å²) in [6, 6.07) is 8.68. The normalized spacial score (nSPS) is 19.6. The van der Waals surface area contributed by atoms with Crippen molar-refractivity contribution >= 4 is 42.0 Å². The fourth-order valence-electron chi connectivity index (χ4n) is 9.06. The molecule has 1 N–H and O–H groups in total. The summed E-state index contributed by atoms with van der Waals surface area (Å²) in [4.78, 5) is 12.1. The molecule has 0 spiro atoms. The molecule has 1 aliphatic carbocycles. The summed E-state index contributed by atoms with van der Waals surface area (Å²) < 4.78 is 130. The molecule has 2 unspecified atom stereocenters. The minimum absolute atomic E-state index is 0.0146. The Balaban J connectivity index is 1.69. The zero-order valence-electron chi connectivity index (χ0n) is 39.5. The van der Waals surface area contributed by atoms with Crippen molar-refractivity contribution in [3.05, 3.63) is 112 Å². The zero-order valence-corrected chi connectivity index (χ0v) is 41.9. The van der Waals surface area contributed by atoms with E-state index < -0.39 is 57.8 Å². The van der Waals surface area contributed by atoms with Gasteiger partial charge < -0.3 is 42.6 Å². The number of fused-ring (bicyclic) bond motifs is 2. The Kier molecular flexibility index (Phi) is 21.8. The van der Waals surface area contributed by atoms with Crippen LogP contribution in [0.2, 0.25) is 0 Å². The van der Waals surface area contributed by atoms with Crippen molar-refractivity contribution in [1.29, 1.82) is 0 Å². The predicted molar refractivity (Wildman–Crippen MR) is 255 cm³/mol. The standard InChI is InChI=1S/C49H69NO15S3/c1-48(26-28-64-32-33-65-31-30-63-4)42(38(17-12-8-5-6-11-15-20-47(51)52)35-39-21-22-40(36-43(39)48)67(56,57)58)18-13-9-7-10-14-19-46-49(2,25-16-34-66(53,54)55)44-37-41(68(59,60)61)23-24-45(44)50(46)27-29-62-3/h7,9-10,13-14,18-19,21-24,36-37H,5-6,8,11-12,15-17,20,25-35H2,1-4H3,(H,51,52)(H,53,54,55)(H,56,57,58)(H,59,60,61)/p-3/b9-7+,14-10+,18-13+,46-19+. The number of ether oxygens (including phenoxy) is 4. The lowest BCUT2D eigenvalue weighted by Gasteiger charge is -2.40. The lowest BCUT2D eigenvalue weighted by molar-refractivity contribution is -0.137. The summed E-state index contributed by atoms with van der Waals surface area (Å²) in [5.74, 6) is -1.42. The molecule has 0 fully saturated rings. The first kappa shape index (κ1) is 56.6. The summed E-state index contributed by atoms with van der Waals surface area (Å²) >= 11 is 0. The molecule has 0 saturated heterocycles. The Hall–Kier alpha value is -4.02. The number of benzene rings is 2. The van der Waals surface area contributed by atoms with Crippen LogP contribution in [0.15, 0.2) is 106 Å². The maximum absolute atomic E-state index is 12.3. The molecule has 0 saturated carbocycles. The molecule has 0 amide bonds. The maximum atomic E-state index is 12.3. The third-order valence-electron chi connectivity index (χ3n) is 12.6. The third-order valence-corrected chi connectivity index (χ3v) is 15.0. The molecule has 0 aromatic heterocycles. The fraction of sp³-hybridized carbons (Fsp3) is 0.531. The number of allylic oxidation sites excluding steroid dienone is 10. The average Bonchev–Trinajstić information content (AvgIpc) is 3.49. The van der Waals surface area contributed by atoms with Crippen molar-refractivity contribution in [2.24, 2.45) is 0 Å². The zero-order chi connectivity index (χ0) is 50.0. The summed E-state index contributed by atoms with van der Waals surface area (Å²) in [7, 11) is -11.0. The van der Waals surface area contributed by atoms with Gasteiger partial charge in [-0.2, -0.15) is 0 Å². The Morgan fingerprint density at radius 1 is 0.691 bits per heavy atom. The molecule has 16 nitrogen and oxygen atoms in total. The molecule has 2 aromatic carbocycles. The van der Waals surface area contributed by atoms with E-state index in [-0.39, 0.29) is 30.8 Å². The fourth-order valence-corrected chi connectivity index (χ4v) is 10.6. The molecular weight excluding hydrogens is 939 g/mol. The van der Waals surface area contributed by atoms with Gasteiger partial charge in [-0.1, -0.05) is 80.7 Å². The number of methoxy groups -OCH3 is 2. The molecule has 19 heteroatoms. The minimum Gasteiger partial charge on any atom is -0.748 e. The van der Waals surface area contributed by atoms with Crippen LogP contribution in [0, 0.1) is 0 Å². The number of hydrogen-bond acceptors (Lipinski definition) is 15. The highest BCUT2D eigenvalue weighted by Crippen LogP contribution is 2.51. The number of carboxylic acid groups (broad SMARTS) is 1. The van der Waals surface area contributed by atoms with Crippen molar-refractivity contribution in [1.82, 2.24) is 0 Å². The van der Waals surface area contributed by atoms with E-state index in [4.69, 9.17) is 24.1 Å². The Morgan fingerprint density at radius 2 is 1.28 bits per heavy atom. The SMILES string of the molecule is COCCOCCOCCC1(C)C(/C=C/C=C/C=C/C=C2/N(CCOC)c3ccc(S(=O)(=O)[O-])cc3C2(C)CCCS(=O)(=O)[O-])=C(CCCCCCCCC(=O)O)Cc2ccc(S(=O)(=O)[O-])cc21. The molecule has 2 aliphatic rings. The van der Waals surface area contributed by atoms with Gasteiger partial charge in [-0.25, -0.2) is 25.3 Å². The van der Waals surface area contributed by atoms with Gasteiger partial charge >= 0.3 is 5.97 Å². The summed E-state index contributed by atoms with van der Waals surface area (Å²) in [6.45, 7) is 6.40. The lowest BCUT2D eigenvalue weighted by Crippen LogP contribution is -2.32. The van der Waals surface area contributed by atoms with Crippen LogP contribution < -0.4 is 4.90 Å². The van der Waals surface area contributed by atoms with Crippen LogP contribution in [0.3, 0.4) is 0 Å². The largest absolute Gasteiger partial charge is 0.748 e. The van der Waals surface area contributed by atoms with Crippen molar-refractivity contribution in [2.75, 3.05) is 71.1 Å². The highest BCUT2D eigenvalue weighted by molar-refractivity contribution is 7.86. The molecule has 0 radical (unpaired) electrons. The van der Waals surface area contributed by atoms with Crippen LogP contribution in [-0.2, 0) is 71.3 Å². The first-order valence-electron chi connectivity index (χ1n) is 22.9. The van der Waals surface area contributed by atoms with Gasteiger partial charge in [-0.15, -0.1) is 0 Å². The van der Waals surface area contributed by atoms with Crippen LogP contribution in [0.5, 0.6) is 0 Å². The molecule has 1 heterocycles. The first-order valence-corrected chi connectivity index (χ1v) is 27.3. The monoisotopic (exact) mass is 1000 g/mol. The number of unbranched alkanes of at least 4 members (excludes halogenated alkanes) is 5. The second-order valence-electron chi connectivity index (χ2n) is 17.4. The molecule has 2 aromatic rings. The second kappa shape index (κ2) is 26.3. The van der Waals surface area contributed by atoms with E-state index in [1.54, 1.807) is 31.4 Å². The molecule has 4 rings (SSSR count). The van der Waals surface area contributed by atoms with E-state index in [0.29, 0.717) is 75.8 Å². The van der Waals surface area contributed by atoms with Gasteiger partial charge in [-0.3, -0.25) is 4.79 Å². The van der Waals surface area contributed by atoms with Gasteiger partial charge in [0.1, 0.15) is 20.2 Å². The lowest BCUT2D eigenvalue weighted by atomic mass is 9.65. The van der Waals surface area contributed by atoms with E-state index in [1.807, 2.05) is 49.1 Å². The molecule has 0 bridgehead atoms. The van der Waals surface area contributed by atoms with E-state index in [1.165, 1.54) is 36.9 Å². The van der Waals surface area contributed by atoms with Gasteiger partial charge in [0.15, 0.2) is 0 Å². The number of aliphatic carboxylic acids is 1. The maximum Gasteiger partial charge on any atom is 0.303 e. The average molecular weight is 1010 g/mol. The van der Waals surface area contributed by atoms with Crippen molar-refractivity contribution in [2.45, 2.75) is 112 Å². The van der Waals surface area contributed by atoms with Crippen molar-refractivity contribution < 1.29 is 67.8 Å². The van der Waals surface area contributed by atoms with Crippen LogP contribution in [0.25, 0.3) is 0 Å². The smallest absolute Gasteiger partial charge is 0.303 e. The van der Waals surface area contributed by atoms with E-state index in [9.17, 15) is 43.7 Å². The number of rotatable bonds is 31. The van der Waals surface area contributed by atoms with Crippen LogP contribution in [-0.4, -0.2) is 116 Å². The van der Waals surface area contributed by atoms with Gasteiger partial charge in [0.2, 0.25) is 0 Å². The molecule has 68 heavy (non-hydrogen) atoms. The van der Waals surface area contributed by atoms with Gasteiger partial charge in [0.05, 0.1) is 52.9 Å². The summed E-state index contributed by atoms with van der Waals surface area (Å²) in [5.41, 5.74) is 3.88. The summed E-state index contributed by atoms with van der Waals surface area (Å²) in [6.07, 6.45) is 20.3. The molecule has 2 atom stereocenters. The Bertz CT molecular complexity index is 2510. The minimum atomic E-state index is -4.82. The van der Waals surface area contributed by atoms with E-state index in [2.05, 4.69) is 0 Å². The molecular formula is C49H66NO15S3-3. The number of anilines is 1. The van der Waals surface area contributed by atoms with Crippen molar-refractivity contribution in [3.8, 4) is 0 Å². The number of hydrogen-bond donors (Lipinski definition) is 1. The quantitative estimate of drug-likeness (QED) is 0.0446. The van der Waals surface area contributed by atoms with Crippen molar-refractivity contribution in [3.63, 3.8) is 0 Å². The van der Waals surface area contributed by atoms with Gasteiger partial charge in [-0.05, 0) is 111 Å². The van der Waals surface area contributed by atoms with Crippen LogP contribution in [0.1, 0.15) is 101 Å². The van der Waals surface area contributed by atoms with Crippen LogP contribution >= 0.6 is 0 Å². The third kappa shape index (κ3) is 16.6. The van der Waals surface area contributed by atoms with E-state index >= 15 is 0 Å². The highest BCUT2D eigenvalue weighted by atomic mass is 32.2. The summed E-state index contributed by atoms with van der Waals surface area (Å²) in [5, 5.41) is 8.98. The number of carbonyl (C=O) groups is 1. The second-order valence-corrected chi connectivity index (χ2v) is 21.7. The number of carboxylic acids is 1. The highest BCUT2D eigenvalue weighted by Gasteiger charge is 2.43. The first-order chi connectivity index (χ1) is 32.2. The Labute approximate surface area is 403 Å². The molecule has 1 aliphatic heterocycles. The van der Waals surface area contributed by atoms with Gasteiger partial charge in [0, 0.05) is 61.8 Å². The molecule has 378 valence electrons.